The van der Waals surface area contributed by atoms with Crippen molar-refractivity contribution in [2.24, 2.45) is 17.7 Å². The molecule has 0 amide bonds. The average Bonchev–Trinajstić information content (AvgIpc) is 2.25. The average molecular weight is 240 g/mol. The quantitative estimate of drug-likeness (QED) is 0.582. The summed E-state index contributed by atoms with van der Waals surface area (Å²) in [7, 11) is 1.52. The normalized spacial score (nSPS) is 29.1. The van der Waals surface area contributed by atoms with Crippen molar-refractivity contribution in [3.63, 3.8) is 0 Å². The SMILES string of the molecule is COCC(NN)C1CCCC(C(F)(F)F)C1. The molecule has 1 aliphatic carbocycles. The first-order chi connectivity index (χ1) is 7.49. The highest BCUT2D eigenvalue weighted by molar-refractivity contribution is 4.84. The Morgan fingerprint density at radius 1 is 1.44 bits per heavy atom. The number of nitrogens with one attached hydrogen (secondary N) is 1. The maximum Gasteiger partial charge on any atom is 0.391 e. The Balaban J connectivity index is 2.55. The van der Waals surface area contributed by atoms with Crippen molar-refractivity contribution in [3.8, 4) is 0 Å². The van der Waals surface area contributed by atoms with Crippen molar-refractivity contribution in [2.45, 2.75) is 37.9 Å². The Kier molecular flexibility index (Phi) is 5.01. The van der Waals surface area contributed by atoms with Crippen LogP contribution in [0.2, 0.25) is 0 Å². The van der Waals surface area contributed by atoms with Crippen molar-refractivity contribution < 1.29 is 17.9 Å². The zero-order valence-electron chi connectivity index (χ0n) is 9.39. The first kappa shape index (κ1) is 13.7. The van der Waals surface area contributed by atoms with Gasteiger partial charge in [0.1, 0.15) is 0 Å². The van der Waals surface area contributed by atoms with E-state index in [2.05, 4.69) is 5.43 Å². The van der Waals surface area contributed by atoms with E-state index in [9.17, 15) is 13.2 Å². The van der Waals surface area contributed by atoms with E-state index >= 15 is 0 Å². The van der Waals surface area contributed by atoms with Crippen LogP contribution in [0.25, 0.3) is 0 Å². The van der Waals surface area contributed by atoms with Crippen molar-refractivity contribution in [1.82, 2.24) is 5.43 Å². The number of nitrogens with two attached hydrogens (primary N) is 1. The van der Waals surface area contributed by atoms with Crippen molar-refractivity contribution in [1.29, 1.82) is 0 Å². The van der Waals surface area contributed by atoms with Crippen LogP contribution in [0.5, 0.6) is 0 Å². The van der Waals surface area contributed by atoms with Gasteiger partial charge in [-0.15, -0.1) is 0 Å². The molecule has 1 fully saturated rings. The van der Waals surface area contributed by atoms with Crippen LogP contribution >= 0.6 is 0 Å². The molecule has 3 N–H and O–H groups in total. The van der Waals surface area contributed by atoms with Crippen LogP contribution in [0.4, 0.5) is 13.2 Å². The summed E-state index contributed by atoms with van der Waals surface area (Å²) >= 11 is 0. The van der Waals surface area contributed by atoms with Crippen LogP contribution in [0.1, 0.15) is 25.7 Å². The molecule has 0 radical (unpaired) electrons. The number of hydrazine groups is 1. The second kappa shape index (κ2) is 5.84. The zero-order valence-corrected chi connectivity index (χ0v) is 9.39. The van der Waals surface area contributed by atoms with Crippen LogP contribution in [0, 0.1) is 11.8 Å². The third kappa shape index (κ3) is 3.61. The number of rotatable bonds is 4. The summed E-state index contributed by atoms with van der Waals surface area (Å²) in [5.74, 6) is 4.10. The van der Waals surface area contributed by atoms with Gasteiger partial charge >= 0.3 is 6.18 Å². The van der Waals surface area contributed by atoms with Crippen molar-refractivity contribution in [2.75, 3.05) is 13.7 Å². The molecule has 1 rings (SSSR count). The highest BCUT2D eigenvalue weighted by Crippen LogP contribution is 2.40. The summed E-state index contributed by atoms with van der Waals surface area (Å²) < 4.78 is 42.7. The molecule has 0 spiro atoms. The van der Waals surface area contributed by atoms with E-state index in [4.69, 9.17) is 10.6 Å². The number of hydrogen-bond acceptors (Lipinski definition) is 3. The molecule has 0 aromatic carbocycles. The summed E-state index contributed by atoms with van der Waals surface area (Å²) in [5, 5.41) is 0. The highest BCUT2D eigenvalue weighted by Gasteiger charge is 2.43. The lowest BCUT2D eigenvalue weighted by Gasteiger charge is -2.34. The molecule has 3 nitrogen and oxygen atoms in total. The lowest BCUT2D eigenvalue weighted by atomic mass is 9.78. The topological polar surface area (TPSA) is 47.3 Å². The first-order valence-electron chi connectivity index (χ1n) is 5.50. The molecule has 6 heteroatoms. The molecule has 0 saturated heterocycles. The maximum atomic E-state index is 12.6. The molecule has 0 aliphatic heterocycles. The van der Waals surface area contributed by atoms with E-state index < -0.39 is 12.1 Å². The monoisotopic (exact) mass is 240 g/mol. The third-order valence-electron chi connectivity index (χ3n) is 3.31. The Morgan fingerprint density at radius 3 is 2.62 bits per heavy atom. The molecule has 3 unspecified atom stereocenters. The summed E-state index contributed by atoms with van der Waals surface area (Å²) in [6.45, 7) is 0.353. The van der Waals surface area contributed by atoms with Gasteiger partial charge in [0, 0.05) is 13.2 Å². The Hall–Kier alpha value is -0.330. The molecule has 0 aromatic heterocycles. The predicted octanol–water partition coefficient (Wildman–Crippen LogP) is 1.83. The summed E-state index contributed by atoms with van der Waals surface area (Å²) in [6, 6.07) is -0.185. The Morgan fingerprint density at radius 2 is 2.12 bits per heavy atom. The predicted molar refractivity (Wildman–Crippen MR) is 54.5 cm³/mol. The second-order valence-corrected chi connectivity index (χ2v) is 4.39. The second-order valence-electron chi connectivity index (χ2n) is 4.39. The van der Waals surface area contributed by atoms with Gasteiger partial charge in [-0.25, -0.2) is 0 Å². The van der Waals surface area contributed by atoms with Crippen LogP contribution in [0.15, 0.2) is 0 Å². The van der Waals surface area contributed by atoms with Crippen molar-refractivity contribution in [3.05, 3.63) is 0 Å². The van der Waals surface area contributed by atoms with Gasteiger partial charge in [-0.2, -0.15) is 13.2 Å². The maximum absolute atomic E-state index is 12.6. The highest BCUT2D eigenvalue weighted by atomic mass is 19.4. The lowest BCUT2D eigenvalue weighted by Crippen LogP contribution is -2.46. The zero-order chi connectivity index (χ0) is 12.2. The van der Waals surface area contributed by atoms with E-state index in [0.717, 1.165) is 6.42 Å². The molecule has 16 heavy (non-hydrogen) atoms. The summed E-state index contributed by atoms with van der Waals surface area (Å²) in [4.78, 5) is 0. The molecule has 0 aromatic rings. The van der Waals surface area contributed by atoms with Gasteiger partial charge in [-0.1, -0.05) is 6.42 Å². The molecular weight excluding hydrogens is 221 g/mol. The van der Waals surface area contributed by atoms with Crippen molar-refractivity contribution >= 4 is 0 Å². The fourth-order valence-corrected chi connectivity index (χ4v) is 2.39. The van der Waals surface area contributed by atoms with E-state index in [-0.39, 0.29) is 24.8 Å². The van der Waals surface area contributed by atoms with E-state index in [1.807, 2.05) is 0 Å². The van der Waals surface area contributed by atoms with Gasteiger partial charge in [0.25, 0.3) is 0 Å². The third-order valence-corrected chi connectivity index (χ3v) is 3.31. The molecule has 1 saturated carbocycles. The van der Waals surface area contributed by atoms with Gasteiger partial charge < -0.3 is 4.74 Å². The molecule has 1 aliphatic rings. The Bertz CT molecular complexity index is 211. The standard InChI is InChI=1S/C10H19F3N2O/c1-16-6-9(15-14)7-3-2-4-8(5-7)10(11,12)13/h7-9,15H,2-6,14H2,1H3. The number of ether oxygens (including phenoxy) is 1. The van der Waals surface area contributed by atoms with E-state index in [0.29, 0.717) is 13.0 Å². The van der Waals surface area contributed by atoms with Gasteiger partial charge in [-0.05, 0) is 25.2 Å². The van der Waals surface area contributed by atoms with Gasteiger partial charge in [-0.3, -0.25) is 11.3 Å². The smallest absolute Gasteiger partial charge is 0.383 e. The van der Waals surface area contributed by atoms with Gasteiger partial charge in [0.2, 0.25) is 0 Å². The van der Waals surface area contributed by atoms with Crippen LogP contribution in [-0.2, 0) is 4.74 Å². The van der Waals surface area contributed by atoms with Gasteiger partial charge in [0.15, 0.2) is 0 Å². The molecule has 3 atom stereocenters. The van der Waals surface area contributed by atoms with Gasteiger partial charge in [0.05, 0.1) is 12.5 Å². The molecule has 0 bridgehead atoms. The fraction of sp³-hybridized carbons (Fsp3) is 1.00. The first-order valence-corrected chi connectivity index (χ1v) is 5.50. The fourth-order valence-electron chi connectivity index (χ4n) is 2.39. The van der Waals surface area contributed by atoms with E-state index in [1.165, 1.54) is 7.11 Å². The number of hydrogen-bond donors (Lipinski definition) is 2. The minimum atomic E-state index is -4.08. The molecular formula is C10H19F3N2O. The van der Waals surface area contributed by atoms with Crippen LogP contribution in [0.3, 0.4) is 0 Å². The summed E-state index contributed by atoms with van der Waals surface area (Å²) in [6.07, 6.45) is -2.29. The summed E-state index contributed by atoms with van der Waals surface area (Å²) in [5.41, 5.74) is 2.55. The largest absolute Gasteiger partial charge is 0.391 e. The lowest BCUT2D eigenvalue weighted by molar-refractivity contribution is -0.187. The molecule has 0 heterocycles. The number of alkyl halides is 3. The minimum Gasteiger partial charge on any atom is -0.383 e. The minimum absolute atomic E-state index is 0.0506. The van der Waals surface area contributed by atoms with Crippen LogP contribution < -0.4 is 11.3 Å². The Labute approximate surface area is 93.5 Å². The number of halogens is 3. The van der Waals surface area contributed by atoms with Crippen LogP contribution in [-0.4, -0.2) is 25.9 Å². The molecule has 96 valence electrons. The number of methoxy groups -OCH3 is 1. The van der Waals surface area contributed by atoms with E-state index in [1.54, 1.807) is 0 Å².